The predicted octanol–water partition coefficient (Wildman–Crippen LogP) is 11.5. The molecule has 226 valence electrons. The number of benzene rings is 7. The summed E-state index contributed by atoms with van der Waals surface area (Å²) < 4.78 is 8.47. The summed E-state index contributed by atoms with van der Waals surface area (Å²) in [4.78, 5) is 0. The lowest BCUT2D eigenvalue weighted by Gasteiger charge is -2.14. The van der Waals surface area contributed by atoms with Gasteiger partial charge in [-0.1, -0.05) is 103 Å². The van der Waals surface area contributed by atoms with Gasteiger partial charge in [0.2, 0.25) is 0 Å². The Balaban J connectivity index is 1.14. The summed E-state index contributed by atoms with van der Waals surface area (Å²) in [5, 5.41) is 4.71. The number of fused-ring (bicyclic) bond motifs is 9. The van der Waals surface area contributed by atoms with Crippen LogP contribution in [0.4, 0.5) is 0 Å². The summed E-state index contributed by atoms with van der Waals surface area (Å²) in [7, 11) is 0. The lowest BCUT2D eigenvalue weighted by Crippen LogP contribution is -2.03. The molecular weight excluding hydrogens is 585 g/mol. The number of nitrogens with two attached hydrogens (primary N) is 1. The minimum atomic E-state index is 0.794. The van der Waals surface area contributed by atoms with Crippen LogP contribution in [0, 0.1) is 6.92 Å². The maximum atomic E-state index is 7.16. The fourth-order valence-electron chi connectivity index (χ4n) is 7.87. The molecule has 3 heteroatoms. The van der Waals surface area contributed by atoms with E-state index in [1.54, 1.807) is 0 Å². The minimum absolute atomic E-state index is 0.794. The smallest absolute Gasteiger partial charge is 0.135 e. The molecule has 0 saturated heterocycles. The molecule has 2 heterocycles. The number of hydrogen-bond acceptors (Lipinski definition) is 2. The zero-order valence-corrected chi connectivity index (χ0v) is 26.4. The predicted molar refractivity (Wildman–Crippen MR) is 200 cm³/mol. The molecule has 0 spiro atoms. The number of para-hydroxylation sites is 2. The van der Waals surface area contributed by atoms with Gasteiger partial charge in [0.1, 0.15) is 11.2 Å². The second-order valence-corrected chi connectivity index (χ2v) is 12.8. The lowest BCUT2D eigenvalue weighted by molar-refractivity contribution is 0.669. The first-order chi connectivity index (χ1) is 23.6. The molecule has 0 atom stereocenters. The number of furan rings is 1. The second kappa shape index (κ2) is 10.1. The number of hydrogen-bond donors (Lipinski definition) is 1. The Hall–Kier alpha value is -6.32. The van der Waals surface area contributed by atoms with E-state index < -0.39 is 0 Å². The average Bonchev–Trinajstić information content (AvgIpc) is 3.79. The molecule has 0 amide bonds. The highest BCUT2D eigenvalue weighted by molar-refractivity contribution is 6.12. The molecule has 2 N–H and O–H groups in total. The molecule has 0 unspecified atom stereocenters. The number of aryl methyl sites for hydroxylation is 1. The van der Waals surface area contributed by atoms with Crippen LogP contribution in [0.15, 0.2) is 156 Å². The van der Waals surface area contributed by atoms with Crippen molar-refractivity contribution in [1.29, 1.82) is 0 Å². The van der Waals surface area contributed by atoms with Gasteiger partial charge in [0.15, 0.2) is 0 Å². The van der Waals surface area contributed by atoms with Crippen LogP contribution >= 0.6 is 0 Å². The third kappa shape index (κ3) is 3.82. The van der Waals surface area contributed by atoms with Crippen molar-refractivity contribution >= 4 is 55.0 Å². The average molecular weight is 615 g/mol. The summed E-state index contributed by atoms with van der Waals surface area (Å²) in [6.07, 6.45) is 0. The van der Waals surface area contributed by atoms with Gasteiger partial charge in [0.05, 0.1) is 11.0 Å². The lowest BCUT2D eigenvalue weighted by atomic mass is 9.95. The van der Waals surface area contributed by atoms with Crippen LogP contribution in [0.3, 0.4) is 0 Å². The van der Waals surface area contributed by atoms with E-state index >= 15 is 0 Å². The van der Waals surface area contributed by atoms with Gasteiger partial charge >= 0.3 is 0 Å². The number of rotatable bonds is 3. The molecule has 10 rings (SSSR count). The Morgan fingerprint density at radius 1 is 0.521 bits per heavy atom. The van der Waals surface area contributed by atoms with Crippen LogP contribution in [0.1, 0.15) is 22.3 Å². The zero-order chi connectivity index (χ0) is 31.9. The molecule has 9 aromatic rings. The van der Waals surface area contributed by atoms with Crippen molar-refractivity contribution < 1.29 is 4.42 Å². The highest BCUT2D eigenvalue weighted by atomic mass is 16.3. The maximum Gasteiger partial charge on any atom is 0.135 e. The standard InChI is InChI=1S/C45H30N2O/c1-27-10-8-17-35-32-13-2-3-16-36(32)44(43(27)35)45(46)30-11-9-12-31(24-30)47-39-18-6-4-14-33(39)37-25-28(20-22-40(37)47)29-21-23-42-38(26-29)34-15-5-7-19-41(34)48-42/h2-26H,46H2,1H3/b45-44-. The SMILES string of the molecule is Cc1cccc2c1/C(=C(\N)c1cccc(-n3c4ccccc4c4cc(-c5ccc6oc7ccccc7c6c5)ccc43)c1)c1ccccc1-2. The highest BCUT2D eigenvalue weighted by Gasteiger charge is 2.27. The van der Waals surface area contributed by atoms with Crippen molar-refractivity contribution in [2.45, 2.75) is 6.92 Å². The molecule has 0 fully saturated rings. The van der Waals surface area contributed by atoms with E-state index in [0.29, 0.717) is 0 Å². The molecule has 1 aliphatic carbocycles. The number of nitrogens with zero attached hydrogens (tertiary/aromatic N) is 1. The van der Waals surface area contributed by atoms with E-state index in [-0.39, 0.29) is 0 Å². The van der Waals surface area contributed by atoms with Crippen molar-refractivity contribution in [3.8, 4) is 27.9 Å². The third-order valence-corrected chi connectivity index (χ3v) is 10.1. The van der Waals surface area contributed by atoms with Crippen molar-refractivity contribution in [2.75, 3.05) is 0 Å². The van der Waals surface area contributed by atoms with Crippen LogP contribution < -0.4 is 5.73 Å². The summed E-state index contributed by atoms with van der Waals surface area (Å²) >= 11 is 0. The number of aromatic nitrogens is 1. The van der Waals surface area contributed by atoms with Crippen LogP contribution in [0.25, 0.3) is 83.0 Å². The Bertz CT molecular complexity index is 2810. The van der Waals surface area contributed by atoms with E-state index in [9.17, 15) is 0 Å². The normalized spacial score (nSPS) is 13.4. The maximum absolute atomic E-state index is 7.16. The first kappa shape index (κ1) is 26.9. The van der Waals surface area contributed by atoms with E-state index in [1.165, 1.54) is 49.7 Å². The van der Waals surface area contributed by atoms with Crippen LogP contribution in [-0.4, -0.2) is 4.57 Å². The van der Waals surface area contributed by atoms with Crippen LogP contribution in [0.5, 0.6) is 0 Å². The molecule has 3 nitrogen and oxygen atoms in total. The molecule has 0 saturated carbocycles. The molecule has 7 aromatic carbocycles. The zero-order valence-electron chi connectivity index (χ0n) is 26.4. The molecule has 0 bridgehead atoms. The van der Waals surface area contributed by atoms with Gasteiger partial charge in [0, 0.05) is 44.1 Å². The van der Waals surface area contributed by atoms with Gasteiger partial charge < -0.3 is 14.7 Å². The van der Waals surface area contributed by atoms with E-state index in [2.05, 4.69) is 151 Å². The highest BCUT2D eigenvalue weighted by Crippen LogP contribution is 2.48. The molecule has 2 aromatic heterocycles. The first-order valence-electron chi connectivity index (χ1n) is 16.4. The molecule has 1 aliphatic rings. The Morgan fingerprint density at radius 3 is 2.08 bits per heavy atom. The fraction of sp³-hybridized carbons (Fsp3) is 0.0222. The van der Waals surface area contributed by atoms with Gasteiger partial charge in [0.25, 0.3) is 0 Å². The van der Waals surface area contributed by atoms with Crippen molar-refractivity contribution in [1.82, 2.24) is 4.57 Å². The fourth-order valence-corrected chi connectivity index (χ4v) is 7.87. The summed E-state index contributed by atoms with van der Waals surface area (Å²) in [6.45, 7) is 2.18. The first-order valence-corrected chi connectivity index (χ1v) is 16.4. The summed E-state index contributed by atoms with van der Waals surface area (Å²) in [5.74, 6) is 0. The largest absolute Gasteiger partial charge is 0.456 e. The molecule has 0 aliphatic heterocycles. The van der Waals surface area contributed by atoms with Crippen molar-refractivity contribution in [3.05, 3.63) is 174 Å². The second-order valence-electron chi connectivity index (χ2n) is 12.8. The molecule has 48 heavy (non-hydrogen) atoms. The van der Waals surface area contributed by atoms with Gasteiger partial charge in [-0.05, 0) is 94.4 Å². The van der Waals surface area contributed by atoms with Crippen LogP contribution in [0.2, 0.25) is 0 Å². The van der Waals surface area contributed by atoms with Crippen molar-refractivity contribution in [3.63, 3.8) is 0 Å². The van der Waals surface area contributed by atoms with Gasteiger partial charge in [-0.25, -0.2) is 0 Å². The monoisotopic (exact) mass is 614 g/mol. The van der Waals surface area contributed by atoms with Gasteiger partial charge in [-0.2, -0.15) is 0 Å². The quantitative estimate of drug-likeness (QED) is 0.215. The topological polar surface area (TPSA) is 44.1 Å². The van der Waals surface area contributed by atoms with Gasteiger partial charge in [-0.15, -0.1) is 0 Å². The summed E-state index contributed by atoms with van der Waals surface area (Å²) in [6, 6.07) is 54.0. The van der Waals surface area contributed by atoms with E-state index in [0.717, 1.165) is 55.5 Å². The van der Waals surface area contributed by atoms with E-state index in [1.807, 2.05) is 12.1 Å². The third-order valence-electron chi connectivity index (χ3n) is 10.1. The Morgan fingerprint density at radius 2 is 1.19 bits per heavy atom. The van der Waals surface area contributed by atoms with Crippen LogP contribution in [-0.2, 0) is 0 Å². The Labute approximate surface area is 277 Å². The molecule has 0 radical (unpaired) electrons. The molecular formula is C45H30N2O. The van der Waals surface area contributed by atoms with Crippen molar-refractivity contribution in [2.24, 2.45) is 5.73 Å². The van der Waals surface area contributed by atoms with E-state index in [4.69, 9.17) is 10.2 Å². The Kier molecular flexibility index (Phi) is 5.64. The summed E-state index contributed by atoms with van der Waals surface area (Å²) in [5.41, 5.74) is 23.8. The van der Waals surface area contributed by atoms with Gasteiger partial charge in [-0.3, -0.25) is 0 Å². The minimum Gasteiger partial charge on any atom is -0.456 e.